The number of benzene rings is 1. The fourth-order valence-electron chi connectivity index (χ4n) is 2.69. The Morgan fingerprint density at radius 3 is 2.74 bits per heavy atom. The minimum Gasteiger partial charge on any atom is -0.363 e. The van der Waals surface area contributed by atoms with Gasteiger partial charge in [0.2, 0.25) is 0 Å². The number of fused-ring (bicyclic) bond motifs is 3. The molecule has 23 heavy (non-hydrogen) atoms. The van der Waals surface area contributed by atoms with E-state index >= 15 is 0 Å². The first-order valence-electron chi connectivity index (χ1n) is 7.78. The molecule has 0 aliphatic carbocycles. The van der Waals surface area contributed by atoms with Crippen LogP contribution < -0.4 is 0 Å². The number of aliphatic imine (C=N–C) groups is 1. The zero-order valence-electron chi connectivity index (χ0n) is 13.6. The van der Waals surface area contributed by atoms with E-state index in [-0.39, 0.29) is 0 Å². The van der Waals surface area contributed by atoms with Crippen LogP contribution in [0.3, 0.4) is 0 Å². The fourth-order valence-corrected chi connectivity index (χ4v) is 2.69. The summed E-state index contributed by atoms with van der Waals surface area (Å²) in [7, 11) is 0. The first-order valence-corrected chi connectivity index (χ1v) is 7.78. The van der Waals surface area contributed by atoms with Crippen molar-refractivity contribution in [2.75, 3.05) is 13.1 Å². The number of nitriles is 1. The van der Waals surface area contributed by atoms with Crippen molar-refractivity contribution in [3.8, 4) is 6.07 Å². The Bertz CT molecular complexity index is 926. The van der Waals surface area contributed by atoms with Crippen LogP contribution in [-0.4, -0.2) is 33.7 Å². The predicted molar refractivity (Wildman–Crippen MR) is 93.2 cm³/mol. The molecule has 5 heteroatoms. The normalized spacial score (nSPS) is 11.4. The topological polar surface area (TPSA) is 56.7 Å². The number of para-hydroxylation sites is 2. The maximum absolute atomic E-state index is 9.48. The van der Waals surface area contributed by atoms with Crippen molar-refractivity contribution >= 4 is 28.8 Å². The molecule has 0 fully saturated rings. The first-order chi connectivity index (χ1) is 11.2. The van der Waals surface area contributed by atoms with Gasteiger partial charge in [0, 0.05) is 13.1 Å². The summed E-state index contributed by atoms with van der Waals surface area (Å²) in [6, 6.07) is 12.1. The highest BCUT2D eigenvalue weighted by atomic mass is 15.2. The second-order valence-corrected chi connectivity index (χ2v) is 5.40. The summed E-state index contributed by atoms with van der Waals surface area (Å²) in [5.74, 6) is 0.789. The van der Waals surface area contributed by atoms with E-state index in [1.54, 1.807) is 0 Å². The number of aryl methyl sites for hydroxylation is 1. The highest BCUT2D eigenvalue weighted by molar-refractivity contribution is 5.85. The molecule has 0 spiro atoms. The lowest BCUT2D eigenvalue weighted by molar-refractivity contribution is 0.479. The molecule has 5 nitrogen and oxygen atoms in total. The Morgan fingerprint density at radius 1 is 1.30 bits per heavy atom. The predicted octanol–water partition coefficient (Wildman–Crippen LogP) is 3.67. The Kier molecular flexibility index (Phi) is 3.98. The lowest BCUT2D eigenvalue weighted by Gasteiger charge is -2.14. The third-order valence-electron chi connectivity index (χ3n) is 4.03. The quantitative estimate of drug-likeness (QED) is 0.546. The van der Waals surface area contributed by atoms with E-state index in [0.717, 1.165) is 35.5 Å². The van der Waals surface area contributed by atoms with Gasteiger partial charge in [-0.2, -0.15) is 5.26 Å². The molecular weight excluding hydrogens is 286 g/mol. The maximum atomic E-state index is 9.48. The van der Waals surface area contributed by atoms with E-state index in [2.05, 4.69) is 34.8 Å². The lowest BCUT2D eigenvalue weighted by atomic mass is 10.1. The largest absolute Gasteiger partial charge is 0.363 e. The Morgan fingerprint density at radius 2 is 2.04 bits per heavy atom. The summed E-state index contributed by atoms with van der Waals surface area (Å²) in [4.78, 5) is 11.4. The van der Waals surface area contributed by atoms with E-state index in [4.69, 9.17) is 0 Å². The molecule has 0 saturated carbocycles. The van der Waals surface area contributed by atoms with E-state index in [0.29, 0.717) is 11.2 Å². The molecule has 116 valence electrons. The molecule has 0 radical (unpaired) electrons. The molecule has 0 aliphatic rings. The van der Waals surface area contributed by atoms with Gasteiger partial charge in [0.25, 0.3) is 0 Å². The fraction of sp³-hybridized carbons (Fsp3) is 0.278. The summed E-state index contributed by atoms with van der Waals surface area (Å²) >= 11 is 0. The third kappa shape index (κ3) is 2.53. The molecule has 2 aromatic heterocycles. The average Bonchev–Trinajstić information content (AvgIpc) is 2.95. The van der Waals surface area contributed by atoms with Gasteiger partial charge >= 0.3 is 0 Å². The van der Waals surface area contributed by atoms with Crippen LogP contribution in [0.5, 0.6) is 0 Å². The molecule has 0 aliphatic heterocycles. The highest BCUT2D eigenvalue weighted by Gasteiger charge is 2.14. The minimum absolute atomic E-state index is 0.600. The van der Waals surface area contributed by atoms with Gasteiger partial charge in [0.1, 0.15) is 11.9 Å². The highest BCUT2D eigenvalue weighted by Crippen LogP contribution is 2.27. The number of imidazole rings is 1. The number of nitrogens with zero attached hydrogens (tertiary/aromatic N) is 5. The van der Waals surface area contributed by atoms with Crippen molar-refractivity contribution in [2.45, 2.75) is 20.8 Å². The summed E-state index contributed by atoms with van der Waals surface area (Å²) < 4.78 is 1.96. The van der Waals surface area contributed by atoms with Gasteiger partial charge in [-0.25, -0.2) is 9.98 Å². The van der Waals surface area contributed by atoms with E-state index in [1.807, 2.05) is 48.0 Å². The van der Waals surface area contributed by atoms with E-state index in [9.17, 15) is 5.26 Å². The van der Waals surface area contributed by atoms with Crippen molar-refractivity contribution in [1.29, 1.82) is 5.26 Å². The number of aromatic nitrogens is 2. The van der Waals surface area contributed by atoms with E-state index in [1.165, 1.54) is 0 Å². The second-order valence-electron chi connectivity index (χ2n) is 5.40. The molecular formula is C18H19N5. The Hall–Kier alpha value is -2.87. The standard InChI is InChI=1S/C18H19N5/c1-4-22(5-2)12-20-17-10-13(3)14(11-19)18-21-15-8-6-7-9-16(15)23(17)18/h6-10,12H,4-5H2,1-3H3. The number of hydrogen-bond donors (Lipinski definition) is 0. The van der Waals surface area contributed by atoms with Crippen molar-refractivity contribution in [1.82, 2.24) is 14.3 Å². The number of pyridine rings is 1. The molecule has 3 rings (SSSR count). The molecule has 2 heterocycles. The number of rotatable bonds is 4. The second kappa shape index (κ2) is 6.09. The van der Waals surface area contributed by atoms with E-state index < -0.39 is 0 Å². The summed E-state index contributed by atoms with van der Waals surface area (Å²) in [6.07, 6.45) is 1.86. The van der Waals surface area contributed by atoms with Gasteiger partial charge in [0.15, 0.2) is 5.65 Å². The van der Waals surface area contributed by atoms with Crippen LogP contribution in [0, 0.1) is 18.3 Å². The average molecular weight is 305 g/mol. The van der Waals surface area contributed by atoms with Crippen molar-refractivity contribution in [3.05, 3.63) is 41.5 Å². The summed E-state index contributed by atoms with van der Waals surface area (Å²) in [5.41, 5.74) is 3.99. The molecule has 3 aromatic rings. The monoisotopic (exact) mass is 305 g/mol. The Balaban J connectivity index is 2.31. The van der Waals surface area contributed by atoms with Crippen LogP contribution in [-0.2, 0) is 0 Å². The van der Waals surface area contributed by atoms with Gasteiger partial charge in [-0.3, -0.25) is 4.40 Å². The maximum Gasteiger partial charge on any atom is 0.157 e. The van der Waals surface area contributed by atoms with Crippen molar-refractivity contribution < 1.29 is 0 Å². The lowest BCUT2D eigenvalue weighted by Crippen LogP contribution is -2.20. The molecule has 0 unspecified atom stereocenters. The smallest absolute Gasteiger partial charge is 0.157 e. The van der Waals surface area contributed by atoms with Gasteiger partial charge in [-0.05, 0) is 44.5 Å². The molecule has 0 saturated heterocycles. The molecule has 0 N–H and O–H groups in total. The molecule has 0 bridgehead atoms. The van der Waals surface area contributed by atoms with Crippen molar-refractivity contribution in [2.24, 2.45) is 4.99 Å². The minimum atomic E-state index is 0.600. The van der Waals surface area contributed by atoms with Gasteiger partial charge in [-0.15, -0.1) is 0 Å². The third-order valence-corrected chi connectivity index (χ3v) is 4.03. The Labute approximate surface area is 135 Å². The van der Waals surface area contributed by atoms with Gasteiger partial charge in [-0.1, -0.05) is 12.1 Å². The molecule has 0 atom stereocenters. The van der Waals surface area contributed by atoms with Gasteiger partial charge < -0.3 is 4.90 Å². The van der Waals surface area contributed by atoms with Crippen LogP contribution in [0.2, 0.25) is 0 Å². The zero-order valence-corrected chi connectivity index (χ0v) is 13.6. The van der Waals surface area contributed by atoms with Crippen LogP contribution in [0.15, 0.2) is 35.3 Å². The van der Waals surface area contributed by atoms with Crippen LogP contribution in [0.25, 0.3) is 16.7 Å². The number of hydrogen-bond acceptors (Lipinski definition) is 3. The molecule has 1 aromatic carbocycles. The summed E-state index contributed by atoms with van der Waals surface area (Å²) in [5, 5.41) is 9.48. The zero-order chi connectivity index (χ0) is 16.4. The SMILES string of the molecule is CCN(C=Nc1cc(C)c(C#N)c2nc3ccccc3n12)CC. The van der Waals surface area contributed by atoms with Crippen LogP contribution in [0.1, 0.15) is 25.0 Å². The van der Waals surface area contributed by atoms with Crippen LogP contribution >= 0.6 is 0 Å². The first kappa shape index (κ1) is 15.0. The van der Waals surface area contributed by atoms with Crippen molar-refractivity contribution in [3.63, 3.8) is 0 Å². The molecule has 0 amide bonds. The van der Waals surface area contributed by atoms with Crippen LogP contribution in [0.4, 0.5) is 5.82 Å². The summed E-state index contributed by atoms with van der Waals surface area (Å²) in [6.45, 7) is 7.93. The van der Waals surface area contributed by atoms with Gasteiger partial charge in [0.05, 0.1) is 22.9 Å².